The molecule has 0 saturated carbocycles. The van der Waals surface area contributed by atoms with Gasteiger partial charge in [0.2, 0.25) is 10.0 Å². The van der Waals surface area contributed by atoms with Crippen molar-refractivity contribution in [3.8, 4) is 22.5 Å². The number of aryl methyl sites for hydroxylation is 1. The first-order chi connectivity index (χ1) is 20.0. The molecule has 1 atom stereocenters. The number of ketones is 1. The summed E-state index contributed by atoms with van der Waals surface area (Å²) in [4.78, 5) is 27.9. The van der Waals surface area contributed by atoms with E-state index in [1.54, 1.807) is 37.3 Å². The number of fused-ring (bicyclic) bond motifs is 1. The van der Waals surface area contributed by atoms with Gasteiger partial charge in [-0.05, 0) is 37.1 Å². The van der Waals surface area contributed by atoms with Crippen molar-refractivity contribution in [2.24, 2.45) is 0 Å². The Bertz CT molecular complexity index is 1770. The third-order valence-corrected chi connectivity index (χ3v) is 8.70. The number of sulfonamides is 1. The average Bonchev–Trinajstić information content (AvgIpc) is 3.57. The zero-order valence-corrected chi connectivity index (χ0v) is 24.5. The van der Waals surface area contributed by atoms with Crippen LogP contribution < -0.4 is 4.31 Å². The molecule has 1 amide bonds. The lowest BCUT2D eigenvalue weighted by molar-refractivity contribution is 0.0782. The van der Waals surface area contributed by atoms with Crippen LogP contribution in [-0.4, -0.2) is 63.7 Å². The smallest absolute Gasteiger partial charge is 0.253 e. The van der Waals surface area contributed by atoms with Gasteiger partial charge in [0.25, 0.3) is 5.91 Å². The van der Waals surface area contributed by atoms with Gasteiger partial charge in [0.15, 0.2) is 5.78 Å². The molecule has 220 valence electrons. The molecule has 0 spiro atoms. The Morgan fingerprint density at radius 2 is 1.81 bits per heavy atom. The molecule has 10 heteroatoms. The van der Waals surface area contributed by atoms with Gasteiger partial charge < -0.3 is 9.32 Å². The number of amides is 1. The number of Topliss-reactive ketones (excluding diaryl/α,β-unsaturated/α-hetero) is 1. The minimum atomic E-state index is -3.94. The van der Waals surface area contributed by atoms with Crippen LogP contribution in [0, 0.1) is 6.92 Å². The first-order valence-corrected chi connectivity index (χ1v) is 15.6. The lowest BCUT2D eigenvalue weighted by Gasteiger charge is -2.24. The molecule has 4 aromatic rings. The number of benzene rings is 3. The van der Waals surface area contributed by atoms with Crippen LogP contribution in [-0.2, 0) is 10.0 Å². The Morgan fingerprint density at radius 1 is 1.07 bits per heavy atom. The summed E-state index contributed by atoms with van der Waals surface area (Å²) in [6, 6.07) is 17.3. The highest BCUT2D eigenvalue weighted by atomic mass is 32.2. The van der Waals surface area contributed by atoms with Gasteiger partial charge in [0, 0.05) is 41.1 Å². The summed E-state index contributed by atoms with van der Waals surface area (Å²) in [5.74, 6) is -0.143. The van der Waals surface area contributed by atoms with Gasteiger partial charge in [-0.25, -0.2) is 17.2 Å². The van der Waals surface area contributed by atoms with E-state index in [0.29, 0.717) is 45.5 Å². The van der Waals surface area contributed by atoms with Crippen LogP contribution in [0.5, 0.6) is 0 Å². The Kier molecular flexibility index (Phi) is 8.19. The molecule has 0 aliphatic carbocycles. The van der Waals surface area contributed by atoms with Gasteiger partial charge in [0.05, 0.1) is 30.6 Å². The van der Waals surface area contributed by atoms with Crippen molar-refractivity contribution in [3.05, 3.63) is 77.4 Å². The summed E-state index contributed by atoms with van der Waals surface area (Å²) in [5, 5.41) is 0.474. The number of halogens is 2. The minimum Gasteiger partial charge on any atom is -0.455 e. The number of carbonyl (C=O) groups is 2. The van der Waals surface area contributed by atoms with Crippen LogP contribution in [0.25, 0.3) is 33.4 Å². The summed E-state index contributed by atoms with van der Waals surface area (Å²) < 4.78 is 60.5. The molecular weight excluding hydrogens is 562 g/mol. The molecule has 2 heterocycles. The van der Waals surface area contributed by atoms with Crippen molar-refractivity contribution in [3.63, 3.8) is 0 Å². The molecule has 0 N–H and O–H groups in total. The van der Waals surface area contributed by atoms with Crippen molar-refractivity contribution in [2.75, 3.05) is 36.9 Å². The number of rotatable bonds is 9. The molecule has 5 rings (SSSR count). The number of likely N-dealkylation sites (tertiary alicyclic amines) is 1. The first-order valence-electron chi connectivity index (χ1n) is 13.8. The Labute approximate surface area is 243 Å². The Morgan fingerprint density at radius 3 is 2.43 bits per heavy atom. The third kappa shape index (κ3) is 5.68. The highest BCUT2D eigenvalue weighted by Crippen LogP contribution is 2.42. The van der Waals surface area contributed by atoms with Gasteiger partial charge in [-0.1, -0.05) is 48.9 Å². The number of carbonyl (C=O) groups excluding carboxylic acids is 2. The molecule has 1 fully saturated rings. The number of alkyl halides is 2. The first kappa shape index (κ1) is 29.4. The van der Waals surface area contributed by atoms with Crippen molar-refractivity contribution >= 4 is 38.4 Å². The van der Waals surface area contributed by atoms with E-state index in [4.69, 9.17) is 4.42 Å². The van der Waals surface area contributed by atoms with E-state index in [-0.39, 0.29) is 42.3 Å². The fourth-order valence-corrected chi connectivity index (χ4v) is 6.29. The highest BCUT2D eigenvalue weighted by molar-refractivity contribution is 7.92. The Hall–Kier alpha value is -4.05. The second kappa shape index (κ2) is 11.7. The van der Waals surface area contributed by atoms with E-state index in [0.717, 1.165) is 16.1 Å². The Balaban J connectivity index is 1.76. The quantitative estimate of drug-likeness (QED) is 0.204. The van der Waals surface area contributed by atoms with Crippen LogP contribution in [0.15, 0.2) is 65.1 Å². The standard InChI is InChI=1S/C32H32F2N2O5S/c1-4-28(37)30-26-17-25(22-6-5-7-23(16-22)32(38)35-14-12-24(34)19-35)27(36(15-13-33)42(3,39)40)18-29(26)41-31(30)21-10-8-20(2)9-11-21/h5-11,16-18,24H,4,12-15,19H2,1-3H3/t24-/m1/s1. The summed E-state index contributed by atoms with van der Waals surface area (Å²) in [6.45, 7) is 2.64. The molecule has 0 bridgehead atoms. The maximum absolute atomic E-state index is 13.8. The average molecular weight is 595 g/mol. The zero-order chi connectivity index (χ0) is 30.2. The lowest BCUT2D eigenvalue weighted by Crippen LogP contribution is -2.32. The summed E-state index contributed by atoms with van der Waals surface area (Å²) >= 11 is 0. The van der Waals surface area contributed by atoms with E-state index in [9.17, 15) is 26.8 Å². The normalized spacial score (nSPS) is 15.4. The molecule has 42 heavy (non-hydrogen) atoms. The van der Waals surface area contributed by atoms with Crippen molar-refractivity contribution < 1.29 is 31.2 Å². The zero-order valence-electron chi connectivity index (χ0n) is 23.7. The van der Waals surface area contributed by atoms with Crippen LogP contribution in [0.2, 0.25) is 0 Å². The molecule has 1 saturated heterocycles. The largest absolute Gasteiger partial charge is 0.455 e. The van der Waals surface area contributed by atoms with E-state index in [1.165, 1.54) is 11.0 Å². The lowest BCUT2D eigenvalue weighted by atomic mass is 9.95. The van der Waals surface area contributed by atoms with Crippen molar-refractivity contribution in [1.29, 1.82) is 0 Å². The van der Waals surface area contributed by atoms with Crippen LogP contribution >= 0.6 is 0 Å². The third-order valence-electron chi connectivity index (χ3n) is 7.52. The topological polar surface area (TPSA) is 87.9 Å². The second-order valence-electron chi connectivity index (χ2n) is 10.6. The summed E-state index contributed by atoms with van der Waals surface area (Å²) in [5.41, 5.74) is 3.66. The molecule has 0 unspecified atom stereocenters. The molecule has 7 nitrogen and oxygen atoms in total. The van der Waals surface area contributed by atoms with E-state index in [1.807, 2.05) is 31.2 Å². The minimum absolute atomic E-state index is 0.0118. The fraction of sp³-hybridized carbons (Fsp3) is 0.312. The highest BCUT2D eigenvalue weighted by Gasteiger charge is 2.29. The molecule has 0 radical (unpaired) electrons. The monoisotopic (exact) mass is 594 g/mol. The van der Waals surface area contributed by atoms with Gasteiger partial charge in [-0.2, -0.15) is 0 Å². The molecule has 3 aromatic carbocycles. The van der Waals surface area contributed by atoms with Gasteiger partial charge in [0.1, 0.15) is 24.2 Å². The van der Waals surface area contributed by atoms with E-state index < -0.39 is 29.4 Å². The SMILES string of the molecule is CCC(=O)c1c(-c2ccc(C)cc2)oc2cc(N(CCF)S(C)(=O)=O)c(-c3cccc(C(=O)N4CC[C@@H](F)C4)c3)cc12. The van der Waals surface area contributed by atoms with Gasteiger partial charge in [-0.15, -0.1) is 0 Å². The maximum atomic E-state index is 13.8. The predicted octanol–water partition coefficient (Wildman–Crippen LogP) is 6.59. The number of furan rings is 1. The molecule has 1 aliphatic rings. The van der Waals surface area contributed by atoms with Gasteiger partial charge in [-0.3, -0.25) is 13.9 Å². The number of hydrogen-bond acceptors (Lipinski definition) is 5. The van der Waals surface area contributed by atoms with E-state index in [2.05, 4.69) is 0 Å². The van der Waals surface area contributed by atoms with Crippen LogP contribution in [0.3, 0.4) is 0 Å². The number of anilines is 1. The van der Waals surface area contributed by atoms with Gasteiger partial charge >= 0.3 is 0 Å². The van der Waals surface area contributed by atoms with Crippen molar-refractivity contribution in [1.82, 2.24) is 4.90 Å². The van der Waals surface area contributed by atoms with Crippen molar-refractivity contribution in [2.45, 2.75) is 32.9 Å². The molecular formula is C32H32F2N2O5S. The summed E-state index contributed by atoms with van der Waals surface area (Å²) in [6.07, 6.45) is 0.394. The molecule has 1 aromatic heterocycles. The second-order valence-corrected chi connectivity index (χ2v) is 12.5. The predicted molar refractivity (Wildman–Crippen MR) is 160 cm³/mol. The maximum Gasteiger partial charge on any atom is 0.253 e. The summed E-state index contributed by atoms with van der Waals surface area (Å²) in [7, 11) is -3.94. The molecule has 1 aliphatic heterocycles. The van der Waals surface area contributed by atoms with E-state index >= 15 is 0 Å². The van der Waals surface area contributed by atoms with Crippen LogP contribution in [0.1, 0.15) is 46.0 Å². The number of hydrogen-bond donors (Lipinski definition) is 0. The fourth-order valence-electron chi connectivity index (χ4n) is 5.38. The van der Waals surface area contributed by atoms with Crippen LogP contribution in [0.4, 0.5) is 14.5 Å². The number of nitrogens with zero attached hydrogens (tertiary/aromatic N) is 2.